The molecule has 0 aromatic rings. The van der Waals surface area contributed by atoms with E-state index in [1.165, 1.54) is 12.5 Å². The third-order valence-electron chi connectivity index (χ3n) is 1.98. The highest BCUT2D eigenvalue weighted by molar-refractivity contribution is 6.71. The Morgan fingerprint density at radius 1 is 1.43 bits per heavy atom. The Morgan fingerprint density at radius 2 is 2.00 bits per heavy atom. The predicted molar refractivity (Wildman–Crippen MR) is 59.5 cm³/mol. The van der Waals surface area contributed by atoms with E-state index in [1.807, 2.05) is 0 Å². The molecule has 1 radical (unpaired) electrons. The first-order valence-electron chi connectivity index (χ1n) is 5.39. The van der Waals surface area contributed by atoms with Gasteiger partial charge in [0, 0.05) is 6.61 Å². The van der Waals surface area contributed by atoms with Crippen LogP contribution in [0.15, 0.2) is 0 Å². The summed E-state index contributed by atoms with van der Waals surface area (Å²) in [7, 11) is -1.20. The molecule has 0 bridgehead atoms. The van der Waals surface area contributed by atoms with Gasteiger partial charge in [-0.1, -0.05) is 13.3 Å². The van der Waals surface area contributed by atoms with Crippen molar-refractivity contribution < 1.29 is 14.3 Å². The van der Waals surface area contributed by atoms with Gasteiger partial charge in [0.25, 0.3) is 0 Å². The molecule has 0 spiro atoms. The Balaban J connectivity index is 0.000000280. The number of rotatable bonds is 5. The Kier molecular flexibility index (Phi) is 7.45. The minimum Gasteiger partial charge on any atom is -0.418 e. The molecule has 0 saturated carbocycles. The van der Waals surface area contributed by atoms with Gasteiger partial charge in [-0.05, 0) is 26.1 Å². The van der Waals surface area contributed by atoms with E-state index in [0.717, 1.165) is 6.61 Å². The van der Waals surface area contributed by atoms with Crippen molar-refractivity contribution in [1.29, 1.82) is 0 Å². The summed E-state index contributed by atoms with van der Waals surface area (Å²) >= 11 is 0. The van der Waals surface area contributed by atoms with Gasteiger partial charge < -0.3 is 9.16 Å². The van der Waals surface area contributed by atoms with Crippen LogP contribution in [0.3, 0.4) is 0 Å². The lowest BCUT2D eigenvalue weighted by Gasteiger charge is -2.20. The third kappa shape index (κ3) is 8.68. The number of ether oxygens (including phenoxy) is 1. The first kappa shape index (κ1) is 14.1. The van der Waals surface area contributed by atoms with Gasteiger partial charge in [0.15, 0.2) is 8.32 Å². The second-order valence-corrected chi connectivity index (χ2v) is 8.37. The molecule has 1 atom stereocenters. The molecular weight excluding hydrogens is 196 g/mol. The van der Waals surface area contributed by atoms with Crippen molar-refractivity contribution >= 4 is 8.32 Å². The zero-order chi connectivity index (χ0) is 11.0. The first-order valence-corrected chi connectivity index (χ1v) is 8.51. The molecule has 1 rings (SSSR count). The van der Waals surface area contributed by atoms with Crippen LogP contribution in [0.2, 0.25) is 19.1 Å². The van der Waals surface area contributed by atoms with Crippen molar-refractivity contribution in [3.63, 3.8) is 0 Å². The number of hydrogen-bond acceptors (Lipinski definition) is 2. The van der Waals surface area contributed by atoms with Crippen LogP contribution in [-0.2, 0) is 14.3 Å². The molecule has 0 aliphatic carbocycles. The van der Waals surface area contributed by atoms with Crippen molar-refractivity contribution in [3.05, 3.63) is 0 Å². The van der Waals surface area contributed by atoms with E-state index in [9.17, 15) is 5.11 Å². The highest BCUT2D eigenvalue weighted by atomic mass is 28.4. The summed E-state index contributed by atoms with van der Waals surface area (Å²) in [6.45, 7) is 10.4. The Bertz CT molecular complexity index is 127. The first-order chi connectivity index (χ1) is 6.55. The van der Waals surface area contributed by atoms with Gasteiger partial charge in [0.05, 0.1) is 6.61 Å². The van der Waals surface area contributed by atoms with E-state index >= 15 is 0 Å². The van der Waals surface area contributed by atoms with Gasteiger partial charge in [0.1, 0.15) is 12.7 Å². The standard InChI is InChI=1S/C7H18OSi.C3H5O2/c1-5-7-9(3,4)8-6-2;4-1-3-2-5-3/h5-7H2,1-4H3;3H,1-2H2. The lowest BCUT2D eigenvalue weighted by atomic mass is 10.5. The minimum atomic E-state index is -1.20. The van der Waals surface area contributed by atoms with Crippen LogP contribution in [0.4, 0.5) is 0 Å². The zero-order valence-electron chi connectivity index (χ0n) is 9.84. The van der Waals surface area contributed by atoms with Gasteiger partial charge in [0.2, 0.25) is 0 Å². The molecule has 1 aliphatic heterocycles. The van der Waals surface area contributed by atoms with E-state index in [1.54, 1.807) is 0 Å². The van der Waals surface area contributed by atoms with Crippen molar-refractivity contribution in [2.75, 3.05) is 19.8 Å². The Morgan fingerprint density at radius 3 is 2.21 bits per heavy atom. The molecule has 1 saturated heterocycles. The van der Waals surface area contributed by atoms with Crippen molar-refractivity contribution in [1.82, 2.24) is 0 Å². The molecular formula is C10H23O3Si. The number of epoxide rings is 1. The summed E-state index contributed by atoms with van der Waals surface area (Å²) in [4.78, 5) is 0. The van der Waals surface area contributed by atoms with Gasteiger partial charge in [-0.2, -0.15) is 0 Å². The minimum absolute atomic E-state index is 0.0556. The second kappa shape index (κ2) is 7.40. The third-order valence-corrected chi connectivity index (χ3v) is 4.75. The fourth-order valence-corrected chi connectivity index (χ4v) is 3.36. The van der Waals surface area contributed by atoms with E-state index in [0.29, 0.717) is 6.61 Å². The second-order valence-electron chi connectivity index (χ2n) is 4.06. The highest BCUT2D eigenvalue weighted by Gasteiger charge is 2.20. The van der Waals surface area contributed by atoms with E-state index in [-0.39, 0.29) is 12.7 Å². The monoisotopic (exact) mass is 219 g/mol. The van der Waals surface area contributed by atoms with Crippen LogP contribution >= 0.6 is 0 Å². The summed E-state index contributed by atoms with van der Waals surface area (Å²) in [6, 6.07) is 1.29. The summed E-state index contributed by atoms with van der Waals surface area (Å²) < 4.78 is 10.2. The number of hydrogen-bond donors (Lipinski definition) is 0. The average Bonchev–Trinajstić information content (AvgIpc) is 2.87. The van der Waals surface area contributed by atoms with Crippen molar-refractivity contribution in [2.24, 2.45) is 0 Å². The maximum Gasteiger partial charge on any atom is 0.186 e. The van der Waals surface area contributed by atoms with Crippen LogP contribution < -0.4 is 0 Å². The van der Waals surface area contributed by atoms with E-state index in [4.69, 9.17) is 4.43 Å². The van der Waals surface area contributed by atoms with Crippen LogP contribution in [0.5, 0.6) is 0 Å². The fourth-order valence-electron chi connectivity index (χ4n) is 1.23. The lowest BCUT2D eigenvalue weighted by Crippen LogP contribution is -2.29. The molecule has 85 valence electrons. The zero-order valence-corrected chi connectivity index (χ0v) is 10.8. The molecule has 1 unspecified atom stereocenters. The van der Waals surface area contributed by atoms with Gasteiger partial charge in [-0.15, -0.1) is 0 Å². The maximum absolute atomic E-state index is 9.57. The molecule has 1 aliphatic rings. The maximum atomic E-state index is 9.57. The molecule has 14 heavy (non-hydrogen) atoms. The quantitative estimate of drug-likeness (QED) is 0.526. The molecule has 3 nitrogen and oxygen atoms in total. The smallest absolute Gasteiger partial charge is 0.186 e. The summed E-state index contributed by atoms with van der Waals surface area (Å²) in [5.41, 5.74) is 0. The summed E-state index contributed by atoms with van der Waals surface area (Å²) in [6.07, 6.45) is 1.34. The normalized spacial score (nSPS) is 19.9. The molecule has 0 aromatic heterocycles. The van der Waals surface area contributed by atoms with E-state index < -0.39 is 8.32 Å². The van der Waals surface area contributed by atoms with E-state index in [2.05, 4.69) is 31.7 Å². The highest BCUT2D eigenvalue weighted by Crippen LogP contribution is 2.12. The van der Waals surface area contributed by atoms with Gasteiger partial charge in [-0.3, -0.25) is 0 Å². The van der Waals surface area contributed by atoms with Gasteiger partial charge in [-0.25, -0.2) is 5.11 Å². The molecule has 0 amide bonds. The SMILES string of the molecule is CCC[Si](C)(C)OCC.[O]CC1CO1. The van der Waals surface area contributed by atoms with Crippen molar-refractivity contribution in [2.45, 2.75) is 45.5 Å². The lowest BCUT2D eigenvalue weighted by molar-refractivity contribution is 0.164. The molecule has 1 heterocycles. The molecule has 0 N–H and O–H groups in total. The molecule has 1 fully saturated rings. The Labute approximate surface area is 88.5 Å². The summed E-state index contributed by atoms with van der Waals surface area (Å²) in [5.74, 6) is 0. The van der Waals surface area contributed by atoms with Crippen molar-refractivity contribution in [3.8, 4) is 0 Å². The predicted octanol–water partition coefficient (Wildman–Crippen LogP) is 2.45. The average molecular weight is 219 g/mol. The topological polar surface area (TPSA) is 41.7 Å². The van der Waals surface area contributed by atoms with Crippen LogP contribution in [-0.4, -0.2) is 34.2 Å². The fraction of sp³-hybridized carbons (Fsp3) is 1.00. The van der Waals surface area contributed by atoms with Crippen LogP contribution in [0.1, 0.15) is 20.3 Å². The van der Waals surface area contributed by atoms with Crippen LogP contribution in [0, 0.1) is 0 Å². The van der Waals surface area contributed by atoms with Gasteiger partial charge >= 0.3 is 0 Å². The summed E-state index contributed by atoms with van der Waals surface area (Å²) in [5, 5.41) is 9.57. The molecule has 4 heteroatoms. The Hall–Kier alpha value is 0.0969. The largest absolute Gasteiger partial charge is 0.418 e. The molecule has 0 aromatic carbocycles. The van der Waals surface area contributed by atoms with Crippen LogP contribution in [0.25, 0.3) is 0 Å².